The number of methoxy groups -OCH3 is 2. The zero-order valence-electron chi connectivity index (χ0n) is 14.6. The third-order valence-electron chi connectivity index (χ3n) is 3.39. The van der Waals surface area contributed by atoms with Crippen molar-refractivity contribution in [1.82, 2.24) is 0 Å². The lowest BCUT2D eigenvalue weighted by molar-refractivity contribution is -0.111. The minimum atomic E-state index is -0.558. The van der Waals surface area contributed by atoms with Gasteiger partial charge in [-0.2, -0.15) is 0 Å². The molecule has 0 atom stereocenters. The molecule has 26 heavy (non-hydrogen) atoms. The number of hydrogen-bond donors (Lipinski definition) is 1. The number of ether oxygens (including phenoxy) is 3. The van der Waals surface area contributed by atoms with Crippen molar-refractivity contribution >= 4 is 29.3 Å². The average molecular weight is 380 g/mol. The predicted octanol–water partition coefficient (Wildman–Crippen LogP) is 4.55. The molecule has 0 saturated heterocycles. The fraction of sp³-hybridized carbons (Fsp3) is 0.211. The maximum absolute atomic E-state index is 13.6. The summed E-state index contributed by atoms with van der Waals surface area (Å²) in [4.78, 5) is 12.0. The maximum Gasteiger partial charge on any atom is 0.248 e. The number of nitrogens with one attached hydrogen (secondary N) is 1. The first-order valence-electron chi connectivity index (χ1n) is 7.81. The Morgan fingerprint density at radius 1 is 1.19 bits per heavy atom. The Balaban J connectivity index is 2.12. The summed E-state index contributed by atoms with van der Waals surface area (Å²) in [5.41, 5.74) is 0.978. The molecule has 0 radical (unpaired) electrons. The van der Waals surface area contributed by atoms with Gasteiger partial charge in [0.25, 0.3) is 0 Å². The minimum Gasteiger partial charge on any atom is -0.494 e. The minimum absolute atomic E-state index is 0.106. The number of hydrogen-bond acceptors (Lipinski definition) is 4. The largest absolute Gasteiger partial charge is 0.494 e. The van der Waals surface area contributed by atoms with Gasteiger partial charge in [0, 0.05) is 17.8 Å². The molecule has 0 heterocycles. The molecule has 0 aromatic heterocycles. The third kappa shape index (κ3) is 4.89. The van der Waals surface area contributed by atoms with Crippen LogP contribution in [0.15, 0.2) is 36.4 Å². The molecular weight excluding hydrogens is 361 g/mol. The number of amides is 1. The van der Waals surface area contributed by atoms with E-state index in [0.717, 1.165) is 0 Å². The lowest BCUT2D eigenvalue weighted by Crippen LogP contribution is -2.08. The van der Waals surface area contributed by atoms with Gasteiger partial charge in [-0.15, -0.1) is 0 Å². The van der Waals surface area contributed by atoms with Gasteiger partial charge < -0.3 is 19.5 Å². The number of carbonyl (C=O) groups is 1. The Morgan fingerprint density at radius 3 is 2.54 bits per heavy atom. The van der Waals surface area contributed by atoms with Crippen LogP contribution in [0.25, 0.3) is 6.08 Å². The van der Waals surface area contributed by atoms with Crippen molar-refractivity contribution in [1.29, 1.82) is 0 Å². The van der Waals surface area contributed by atoms with Crippen LogP contribution in [-0.2, 0) is 4.79 Å². The van der Waals surface area contributed by atoms with Gasteiger partial charge in [0.1, 0.15) is 0 Å². The van der Waals surface area contributed by atoms with E-state index in [1.807, 2.05) is 6.92 Å². The van der Waals surface area contributed by atoms with E-state index in [1.54, 1.807) is 24.3 Å². The predicted molar refractivity (Wildman–Crippen MR) is 99.8 cm³/mol. The molecule has 0 fully saturated rings. The van der Waals surface area contributed by atoms with Gasteiger partial charge in [0.05, 0.1) is 25.8 Å². The fourth-order valence-electron chi connectivity index (χ4n) is 2.22. The van der Waals surface area contributed by atoms with Crippen LogP contribution in [0.1, 0.15) is 12.5 Å². The molecule has 7 heteroatoms. The smallest absolute Gasteiger partial charge is 0.248 e. The van der Waals surface area contributed by atoms with Gasteiger partial charge in [0.2, 0.25) is 5.91 Å². The molecule has 1 N–H and O–H groups in total. The first kappa shape index (κ1) is 19.6. The van der Waals surface area contributed by atoms with E-state index in [4.69, 9.17) is 25.8 Å². The Hall–Kier alpha value is -2.73. The molecule has 0 saturated carbocycles. The summed E-state index contributed by atoms with van der Waals surface area (Å²) in [6.45, 7) is 2.29. The van der Waals surface area contributed by atoms with Crippen molar-refractivity contribution in [3.05, 3.63) is 52.8 Å². The van der Waals surface area contributed by atoms with Gasteiger partial charge in [-0.05, 0) is 42.8 Å². The summed E-state index contributed by atoms with van der Waals surface area (Å²) < 4.78 is 29.2. The van der Waals surface area contributed by atoms with Crippen molar-refractivity contribution in [2.45, 2.75) is 6.92 Å². The van der Waals surface area contributed by atoms with Gasteiger partial charge >= 0.3 is 0 Å². The summed E-state index contributed by atoms with van der Waals surface area (Å²) in [6.07, 6.45) is 2.88. The Bertz CT molecular complexity index is 823. The first-order chi connectivity index (χ1) is 12.5. The normalized spacial score (nSPS) is 10.7. The maximum atomic E-state index is 13.6. The standard InChI is InChI=1S/C19H19ClFNO4/c1-4-26-19-14(20)9-12(10-17(19)25-3)5-8-18(23)22-13-6-7-16(24-2)15(21)11-13/h5-11H,4H2,1-3H3,(H,22,23). The summed E-state index contributed by atoms with van der Waals surface area (Å²) in [5.74, 6) is 0.0501. The van der Waals surface area contributed by atoms with E-state index in [9.17, 15) is 9.18 Å². The molecule has 5 nitrogen and oxygen atoms in total. The lowest BCUT2D eigenvalue weighted by Gasteiger charge is -2.11. The topological polar surface area (TPSA) is 56.8 Å². The van der Waals surface area contributed by atoms with Crippen LogP contribution in [0.3, 0.4) is 0 Å². The van der Waals surface area contributed by atoms with Crippen molar-refractivity contribution in [2.24, 2.45) is 0 Å². The van der Waals surface area contributed by atoms with Gasteiger partial charge in [0.15, 0.2) is 23.1 Å². The third-order valence-corrected chi connectivity index (χ3v) is 3.67. The first-order valence-corrected chi connectivity index (χ1v) is 8.19. The van der Waals surface area contributed by atoms with Crippen LogP contribution >= 0.6 is 11.6 Å². The zero-order chi connectivity index (χ0) is 19.1. The summed E-state index contributed by atoms with van der Waals surface area (Å²) in [7, 11) is 2.88. The molecule has 2 rings (SSSR count). The van der Waals surface area contributed by atoms with Gasteiger partial charge in [-0.25, -0.2) is 4.39 Å². The zero-order valence-corrected chi connectivity index (χ0v) is 15.4. The summed E-state index contributed by atoms with van der Waals surface area (Å²) in [6, 6.07) is 7.52. The van der Waals surface area contributed by atoms with E-state index < -0.39 is 11.7 Å². The Morgan fingerprint density at radius 2 is 1.92 bits per heavy atom. The number of benzene rings is 2. The van der Waals surface area contributed by atoms with Gasteiger partial charge in [-0.1, -0.05) is 11.6 Å². The molecule has 0 aliphatic rings. The van der Waals surface area contributed by atoms with Crippen LogP contribution in [0.4, 0.5) is 10.1 Å². The van der Waals surface area contributed by atoms with E-state index in [1.165, 1.54) is 32.4 Å². The highest BCUT2D eigenvalue weighted by molar-refractivity contribution is 6.32. The second-order valence-electron chi connectivity index (χ2n) is 5.14. The molecule has 0 aliphatic carbocycles. The number of rotatable bonds is 7. The highest BCUT2D eigenvalue weighted by atomic mass is 35.5. The van der Waals surface area contributed by atoms with Crippen molar-refractivity contribution in [2.75, 3.05) is 26.1 Å². The molecule has 0 unspecified atom stereocenters. The van der Waals surface area contributed by atoms with Crippen molar-refractivity contribution in [3.8, 4) is 17.2 Å². The molecule has 2 aromatic carbocycles. The molecular formula is C19H19ClFNO4. The van der Waals surface area contributed by atoms with Crippen molar-refractivity contribution in [3.63, 3.8) is 0 Å². The van der Waals surface area contributed by atoms with E-state index >= 15 is 0 Å². The van der Waals surface area contributed by atoms with Crippen LogP contribution in [-0.4, -0.2) is 26.7 Å². The SMILES string of the molecule is CCOc1c(Cl)cc(C=CC(=O)Nc2ccc(OC)c(F)c2)cc1OC. The van der Waals surface area contributed by atoms with Crippen LogP contribution < -0.4 is 19.5 Å². The number of halogens is 2. The summed E-state index contributed by atoms with van der Waals surface area (Å²) in [5, 5.41) is 2.95. The van der Waals surface area contributed by atoms with Crippen LogP contribution in [0, 0.1) is 5.82 Å². The lowest BCUT2D eigenvalue weighted by atomic mass is 10.2. The highest BCUT2D eigenvalue weighted by Crippen LogP contribution is 2.36. The number of anilines is 1. The quantitative estimate of drug-likeness (QED) is 0.717. The molecule has 2 aromatic rings. The van der Waals surface area contributed by atoms with Gasteiger partial charge in [-0.3, -0.25) is 4.79 Å². The van der Waals surface area contributed by atoms with Crippen molar-refractivity contribution < 1.29 is 23.4 Å². The number of carbonyl (C=O) groups excluding carboxylic acids is 1. The fourth-order valence-corrected chi connectivity index (χ4v) is 2.49. The Kier molecular flexibility index (Phi) is 6.86. The highest BCUT2D eigenvalue weighted by Gasteiger charge is 2.11. The second-order valence-corrected chi connectivity index (χ2v) is 5.55. The Labute approximate surface area is 156 Å². The molecule has 0 spiro atoms. The van der Waals surface area contributed by atoms with E-state index in [0.29, 0.717) is 34.4 Å². The van der Waals surface area contributed by atoms with E-state index in [2.05, 4.69) is 5.32 Å². The molecule has 0 bridgehead atoms. The molecule has 1 amide bonds. The monoisotopic (exact) mass is 379 g/mol. The van der Waals surface area contributed by atoms with Crippen LogP contribution in [0.5, 0.6) is 17.2 Å². The molecule has 0 aliphatic heterocycles. The summed E-state index contributed by atoms with van der Waals surface area (Å²) >= 11 is 6.19. The second kappa shape index (κ2) is 9.10. The van der Waals surface area contributed by atoms with Crippen LogP contribution in [0.2, 0.25) is 5.02 Å². The average Bonchev–Trinajstić information content (AvgIpc) is 2.62. The molecule has 138 valence electrons. The van der Waals surface area contributed by atoms with E-state index in [-0.39, 0.29) is 5.75 Å².